The van der Waals surface area contributed by atoms with Gasteiger partial charge in [-0.05, 0) is 169 Å². The van der Waals surface area contributed by atoms with Crippen molar-refractivity contribution in [1.29, 1.82) is 0 Å². The number of aromatic nitrogens is 9. The van der Waals surface area contributed by atoms with Crippen molar-refractivity contribution in [2.45, 2.75) is 0 Å². The predicted molar refractivity (Wildman–Crippen MR) is 608 cm³/mol. The molecule has 0 aliphatic heterocycles. The van der Waals surface area contributed by atoms with E-state index in [1.165, 1.54) is 103 Å². The average molecular weight is 1890 g/mol. The summed E-state index contributed by atoms with van der Waals surface area (Å²) in [4.78, 5) is 50.0. The molecule has 0 atom stereocenters. The zero-order valence-corrected chi connectivity index (χ0v) is 79.6. The number of hydrogen-bond acceptors (Lipinski definition) is 14. The SMILES string of the molecule is c1ccc(-c2nc(-c3nc4cc5c(cc4c4ccccc34)sc3ccccc35)nc3c2sc2ccccc23)cc1.c1ccc2cc(-c3nc(-c4nc5cc6c(cc5c5ccccc45)sc4ccccc46)nc4c3ccc3ccccc34)ccc2c1.c1ccc2cc(N(c3ccc(-c4nc(-c5nc6cc7c(cc6c6ccccc56)sc5ccccc57)nc5ccccc45)cc3)c3ccc4ccccc4c3)ccc2c1. The van der Waals surface area contributed by atoms with Gasteiger partial charge in [0.25, 0.3) is 0 Å². The van der Waals surface area contributed by atoms with E-state index in [4.69, 9.17) is 44.9 Å². The van der Waals surface area contributed by atoms with Gasteiger partial charge in [-0.2, -0.15) is 0 Å². The summed E-state index contributed by atoms with van der Waals surface area (Å²) in [5, 5.41) is 30.2. The van der Waals surface area contributed by atoms with E-state index in [1.807, 2.05) is 46.1 Å². The third-order valence-corrected chi connectivity index (χ3v) is 32.7. The minimum atomic E-state index is 0.611. The molecular weight excluding hydrogens is 1820 g/mol. The summed E-state index contributed by atoms with van der Waals surface area (Å²) in [5.74, 6) is 1.90. The first-order chi connectivity index (χ1) is 70.8. The van der Waals surface area contributed by atoms with Gasteiger partial charge in [-0.3, -0.25) is 0 Å². The fourth-order valence-corrected chi connectivity index (χ4v) is 25.8. The van der Waals surface area contributed by atoms with Crippen LogP contribution in [0.15, 0.2) is 449 Å². The summed E-state index contributed by atoms with van der Waals surface area (Å²) in [7, 11) is 0. The van der Waals surface area contributed by atoms with Crippen LogP contribution in [0.4, 0.5) is 17.1 Å². The zero-order valence-electron chi connectivity index (χ0n) is 76.3. The van der Waals surface area contributed by atoms with Crippen LogP contribution in [-0.4, -0.2) is 44.9 Å². The molecule has 31 aromatic rings. The molecule has 14 heteroatoms. The smallest absolute Gasteiger partial charge is 0.180 e. The first kappa shape index (κ1) is 82.2. The largest absolute Gasteiger partial charge is 0.310 e. The van der Waals surface area contributed by atoms with Gasteiger partial charge >= 0.3 is 0 Å². The number of pyridine rings is 3. The molecule has 0 radical (unpaired) electrons. The summed E-state index contributed by atoms with van der Waals surface area (Å²) in [6, 6.07) is 159. The Kier molecular flexibility index (Phi) is 19.2. The van der Waals surface area contributed by atoms with Crippen LogP contribution >= 0.6 is 45.3 Å². The Morgan fingerprint density at radius 1 is 0.147 bits per heavy atom. The van der Waals surface area contributed by atoms with Crippen molar-refractivity contribution in [2.75, 3.05) is 4.90 Å². The van der Waals surface area contributed by atoms with Gasteiger partial charge in [0, 0.05) is 153 Å². The summed E-state index contributed by atoms with van der Waals surface area (Å²) in [6.45, 7) is 0. The standard InChI is InChI=1S/C53H32N4S.C41H23N3S.C35H19N3S2/c1-3-13-36-29-39(27-21-33(36)11-1)57(40-28-22-34-12-2-4-14-37(34)30-40)38-25-23-35(24-26-38)51-44-18-7-9-19-47(44)55-53(56-51)52-43-17-6-5-15-41(43)45-32-50-46(31-48(45)54-52)42-16-8-10-20-49(42)58-50;1-2-11-26-21-27(18-17-24(26)9-1)38-32-20-19-25-10-3-4-12-28(25)39(32)44-41(43-38)40-31-15-6-5-13-29(31)33-23-37-34(22-35(33)42-40)30-14-7-8-16-36(30)45-37;1-2-10-20(11-3-1)31-34-32(24-15-7-9-17-29(24)40-34)38-35(37-31)33-23-14-5-4-12-21(23)25-19-30-26(18-27(25)36-33)22-13-6-8-16-28(22)39-30/h1-32H;1-23H;1-19H. The van der Waals surface area contributed by atoms with E-state index in [9.17, 15) is 0 Å². The molecule has 0 aliphatic rings. The second-order valence-corrected chi connectivity index (χ2v) is 40.7. The Morgan fingerprint density at radius 3 is 0.986 bits per heavy atom. The van der Waals surface area contributed by atoms with Crippen LogP contribution < -0.4 is 4.90 Å². The van der Waals surface area contributed by atoms with Gasteiger partial charge in [0.2, 0.25) is 0 Å². The number of hydrogen-bond donors (Lipinski definition) is 0. The predicted octanol–water partition coefficient (Wildman–Crippen LogP) is 36.4. The van der Waals surface area contributed by atoms with Crippen molar-refractivity contribution in [1.82, 2.24) is 44.9 Å². The molecule has 0 fully saturated rings. The number of rotatable bonds is 9. The molecule has 143 heavy (non-hydrogen) atoms. The highest BCUT2D eigenvalue weighted by Crippen LogP contribution is 2.49. The quantitative estimate of drug-likeness (QED) is 0.129. The minimum Gasteiger partial charge on any atom is -0.310 e. The van der Waals surface area contributed by atoms with Gasteiger partial charge in [0.1, 0.15) is 17.1 Å². The van der Waals surface area contributed by atoms with Gasteiger partial charge in [0.15, 0.2) is 17.5 Å². The van der Waals surface area contributed by atoms with Crippen LogP contribution in [0.3, 0.4) is 0 Å². The summed E-state index contributed by atoms with van der Waals surface area (Å²) >= 11 is 7.26. The lowest BCUT2D eigenvalue weighted by Gasteiger charge is -2.26. The monoisotopic (exact) mass is 1890 g/mol. The van der Waals surface area contributed by atoms with Gasteiger partial charge in [-0.1, -0.05) is 334 Å². The van der Waals surface area contributed by atoms with Crippen molar-refractivity contribution in [3.8, 4) is 68.3 Å². The summed E-state index contributed by atoms with van der Waals surface area (Å²) in [5.41, 5.74) is 17.2. The molecule has 0 amide bonds. The molecule has 0 bridgehead atoms. The molecule has 10 heterocycles. The van der Waals surface area contributed by atoms with E-state index in [1.54, 1.807) is 11.3 Å². The normalized spacial score (nSPS) is 11.9. The summed E-state index contributed by atoms with van der Waals surface area (Å²) < 4.78 is 10.00. The van der Waals surface area contributed by atoms with Crippen molar-refractivity contribution >= 4 is 273 Å². The molecule has 21 aromatic carbocycles. The van der Waals surface area contributed by atoms with Gasteiger partial charge in [0.05, 0.1) is 54.9 Å². The van der Waals surface area contributed by atoms with Crippen LogP contribution in [0.2, 0.25) is 0 Å². The highest BCUT2D eigenvalue weighted by molar-refractivity contribution is 7.27. The molecule has 0 saturated carbocycles. The Labute approximate surface area is 833 Å². The zero-order chi connectivity index (χ0) is 93.8. The maximum absolute atomic E-state index is 5.37. The number of thiophene rings is 4. The Morgan fingerprint density at radius 2 is 0.490 bits per heavy atom. The molecule has 664 valence electrons. The second-order valence-electron chi connectivity index (χ2n) is 36.4. The van der Waals surface area contributed by atoms with Crippen LogP contribution in [0, 0.1) is 0 Å². The van der Waals surface area contributed by atoms with Crippen molar-refractivity contribution < 1.29 is 0 Å². The fraction of sp³-hybridized carbons (Fsp3) is 0. The number of anilines is 3. The third-order valence-electron chi connectivity index (χ3n) is 28.1. The number of fused-ring (bicyclic) bond motifs is 28. The molecule has 10 aromatic heterocycles. The maximum atomic E-state index is 5.37. The molecule has 0 spiro atoms. The van der Waals surface area contributed by atoms with Crippen LogP contribution in [-0.2, 0) is 0 Å². The first-order valence-corrected chi connectivity index (χ1v) is 51.1. The number of benzene rings is 21. The van der Waals surface area contributed by atoms with Gasteiger partial charge < -0.3 is 4.90 Å². The van der Waals surface area contributed by atoms with Gasteiger partial charge in [-0.25, -0.2) is 44.9 Å². The molecule has 0 saturated heterocycles. The van der Waals surface area contributed by atoms with Crippen LogP contribution in [0.1, 0.15) is 0 Å². The minimum absolute atomic E-state index is 0.611. The van der Waals surface area contributed by atoms with Gasteiger partial charge in [-0.15, -0.1) is 45.3 Å². The Balaban J connectivity index is 0.000000104. The lowest BCUT2D eigenvalue weighted by atomic mass is 9.99. The first-order valence-electron chi connectivity index (χ1n) is 47.8. The third kappa shape index (κ3) is 14.0. The fourth-order valence-electron chi connectivity index (χ4n) is 21.3. The van der Waals surface area contributed by atoms with Crippen molar-refractivity contribution in [3.63, 3.8) is 0 Å². The van der Waals surface area contributed by atoms with Crippen LogP contribution in [0.5, 0.6) is 0 Å². The van der Waals surface area contributed by atoms with E-state index >= 15 is 0 Å². The molecule has 0 unspecified atom stereocenters. The Hall–Kier alpha value is -17.9. The molecule has 10 nitrogen and oxygen atoms in total. The average Bonchev–Trinajstić information content (AvgIpc) is 1.54. The van der Waals surface area contributed by atoms with E-state index in [-0.39, 0.29) is 0 Å². The lowest BCUT2D eigenvalue weighted by molar-refractivity contribution is 1.20. The molecule has 0 N–H and O–H groups in total. The van der Waals surface area contributed by atoms with E-state index in [0.29, 0.717) is 17.5 Å². The highest BCUT2D eigenvalue weighted by atomic mass is 32.1. The number of nitrogens with zero attached hydrogens (tertiary/aromatic N) is 10. The van der Waals surface area contributed by atoms with Crippen LogP contribution in [0.25, 0.3) is 279 Å². The second kappa shape index (κ2) is 33.5. The van der Waals surface area contributed by atoms with E-state index < -0.39 is 0 Å². The molecule has 31 rings (SSSR count). The van der Waals surface area contributed by atoms with Crippen molar-refractivity contribution in [2.24, 2.45) is 0 Å². The topological polar surface area (TPSA) is 119 Å². The number of para-hydroxylation sites is 1. The van der Waals surface area contributed by atoms with E-state index in [0.717, 1.165) is 176 Å². The molecule has 0 aliphatic carbocycles. The highest BCUT2D eigenvalue weighted by Gasteiger charge is 2.26. The van der Waals surface area contributed by atoms with Crippen molar-refractivity contribution in [3.05, 3.63) is 449 Å². The summed E-state index contributed by atoms with van der Waals surface area (Å²) in [6.07, 6.45) is 0. The lowest BCUT2D eigenvalue weighted by Crippen LogP contribution is -2.10. The molecular formula is C129H74N10S4. The van der Waals surface area contributed by atoms with E-state index in [2.05, 4.69) is 442 Å². The Bertz CT molecular complexity index is 10700. The maximum Gasteiger partial charge on any atom is 0.180 e.